The molecule has 1 atom stereocenters. The second-order valence-corrected chi connectivity index (χ2v) is 19.3. The number of nitrogens with zero attached hydrogens (tertiary/aromatic N) is 1. The third-order valence-electron chi connectivity index (χ3n) is 7.64. The van der Waals surface area contributed by atoms with E-state index in [-0.39, 0.29) is 11.6 Å². The molecule has 4 aromatic rings. The maximum Gasteiger partial charge on any atom is 0.417 e. The molecule has 4 rings (SSSR count). The lowest BCUT2D eigenvalue weighted by molar-refractivity contribution is 0.0241. The lowest BCUT2D eigenvalue weighted by Gasteiger charge is -2.40. The molecule has 0 fully saturated rings. The van der Waals surface area contributed by atoms with E-state index >= 15 is 0 Å². The van der Waals surface area contributed by atoms with E-state index in [0.29, 0.717) is 22.2 Å². The SMILES string of the molecule is CC(C)(C)OC(=O)N(CCc1c(S(=O)c2ccccc2)[nH]c2ccccc12)/C(=C/c1ccccc1)O[Si](C)(C)C(C)(C)C. The molecule has 0 aliphatic heterocycles. The Balaban J connectivity index is 1.80. The number of benzene rings is 3. The quantitative estimate of drug-likeness (QED) is 0.150. The molecule has 0 saturated heterocycles. The fourth-order valence-electron chi connectivity index (χ4n) is 4.34. The molecule has 6 nitrogen and oxygen atoms in total. The molecule has 3 aromatic carbocycles. The highest BCUT2D eigenvalue weighted by Gasteiger charge is 2.41. The van der Waals surface area contributed by atoms with Crippen LogP contribution in [0.3, 0.4) is 0 Å². The van der Waals surface area contributed by atoms with Gasteiger partial charge in [-0.05, 0) is 74.7 Å². The van der Waals surface area contributed by atoms with Gasteiger partial charge in [-0.15, -0.1) is 0 Å². The molecule has 0 aliphatic carbocycles. The van der Waals surface area contributed by atoms with Gasteiger partial charge in [0.2, 0.25) is 0 Å². The Bertz CT molecular complexity index is 1600. The van der Waals surface area contributed by atoms with Crippen molar-refractivity contribution in [2.75, 3.05) is 6.54 Å². The predicted octanol–water partition coefficient (Wildman–Crippen LogP) is 9.13. The summed E-state index contributed by atoms with van der Waals surface area (Å²) >= 11 is 0. The molecule has 0 spiro atoms. The minimum Gasteiger partial charge on any atom is -0.532 e. The molecule has 1 heterocycles. The maximum atomic E-state index is 13.9. The number of hydrogen-bond acceptors (Lipinski definition) is 4. The summed E-state index contributed by atoms with van der Waals surface area (Å²) in [6.45, 7) is 16.7. The van der Waals surface area contributed by atoms with Crippen molar-refractivity contribution < 1.29 is 18.2 Å². The van der Waals surface area contributed by atoms with E-state index in [9.17, 15) is 9.00 Å². The van der Waals surface area contributed by atoms with Crippen LogP contribution in [0.25, 0.3) is 17.0 Å². The number of amides is 1. The van der Waals surface area contributed by atoms with E-state index in [1.807, 2.05) is 112 Å². The van der Waals surface area contributed by atoms with Gasteiger partial charge < -0.3 is 14.1 Å². The molecular formula is C35H44N2O4SSi. The van der Waals surface area contributed by atoms with E-state index in [1.165, 1.54) is 0 Å². The summed E-state index contributed by atoms with van der Waals surface area (Å²) in [7, 11) is -3.80. The molecule has 8 heteroatoms. The molecule has 1 amide bonds. The van der Waals surface area contributed by atoms with Gasteiger partial charge in [0, 0.05) is 28.4 Å². The molecular weight excluding hydrogens is 573 g/mol. The molecule has 1 N–H and O–H groups in total. The monoisotopic (exact) mass is 616 g/mol. The van der Waals surface area contributed by atoms with Crippen molar-refractivity contribution in [2.45, 2.75) is 81.6 Å². The third-order valence-corrected chi connectivity index (χ3v) is 13.4. The van der Waals surface area contributed by atoms with Crippen LogP contribution >= 0.6 is 0 Å². The first-order chi connectivity index (χ1) is 20.2. The van der Waals surface area contributed by atoms with Gasteiger partial charge in [-0.3, -0.25) is 0 Å². The van der Waals surface area contributed by atoms with Crippen LogP contribution < -0.4 is 0 Å². The Morgan fingerprint density at radius 2 is 1.47 bits per heavy atom. The minimum absolute atomic E-state index is 0.0982. The first-order valence-electron chi connectivity index (χ1n) is 14.7. The summed E-state index contributed by atoms with van der Waals surface area (Å²) in [5.41, 5.74) is 2.02. The summed E-state index contributed by atoms with van der Waals surface area (Å²) in [6.07, 6.45) is 1.87. The third kappa shape index (κ3) is 8.06. The van der Waals surface area contributed by atoms with Crippen molar-refractivity contribution in [3.63, 3.8) is 0 Å². The largest absolute Gasteiger partial charge is 0.532 e. The molecule has 43 heavy (non-hydrogen) atoms. The van der Waals surface area contributed by atoms with E-state index in [0.717, 1.165) is 22.0 Å². The van der Waals surface area contributed by atoms with E-state index in [2.05, 4.69) is 38.8 Å². The maximum absolute atomic E-state index is 13.9. The number of H-pyrrole nitrogens is 1. The van der Waals surface area contributed by atoms with Gasteiger partial charge in [0.05, 0.1) is 0 Å². The van der Waals surface area contributed by atoms with Crippen molar-refractivity contribution in [1.82, 2.24) is 9.88 Å². The van der Waals surface area contributed by atoms with E-state index < -0.39 is 30.8 Å². The molecule has 0 radical (unpaired) electrons. The van der Waals surface area contributed by atoms with Gasteiger partial charge >= 0.3 is 6.09 Å². The number of carbonyl (C=O) groups excluding carboxylic acids is 1. The second kappa shape index (κ2) is 12.9. The highest BCUT2D eigenvalue weighted by Crippen LogP contribution is 2.39. The van der Waals surface area contributed by atoms with Crippen molar-refractivity contribution in [2.24, 2.45) is 0 Å². The number of fused-ring (bicyclic) bond motifs is 1. The number of ether oxygens (including phenoxy) is 1. The molecule has 1 aromatic heterocycles. The summed E-state index contributed by atoms with van der Waals surface area (Å²) < 4.78 is 26.6. The fraction of sp³-hybridized carbons (Fsp3) is 0.343. The molecule has 0 bridgehead atoms. The van der Waals surface area contributed by atoms with Crippen LogP contribution in [0.1, 0.15) is 52.7 Å². The zero-order chi connectivity index (χ0) is 31.4. The fourth-order valence-corrected chi connectivity index (χ4v) is 6.62. The number of para-hydroxylation sites is 1. The highest BCUT2D eigenvalue weighted by molar-refractivity contribution is 7.85. The minimum atomic E-state index is -2.37. The van der Waals surface area contributed by atoms with E-state index in [1.54, 1.807) is 4.90 Å². The molecule has 1 unspecified atom stereocenters. The number of nitrogens with one attached hydrogen (secondary N) is 1. The van der Waals surface area contributed by atoms with Gasteiger partial charge in [0.25, 0.3) is 8.32 Å². The normalized spacial score (nSPS) is 13.5. The smallest absolute Gasteiger partial charge is 0.417 e. The summed E-state index contributed by atoms with van der Waals surface area (Å²) in [6, 6.07) is 27.2. The average Bonchev–Trinajstić information content (AvgIpc) is 3.30. The summed E-state index contributed by atoms with van der Waals surface area (Å²) in [5, 5.41) is 1.51. The van der Waals surface area contributed by atoms with Gasteiger partial charge in [0.15, 0.2) is 5.88 Å². The number of carbonyl (C=O) groups is 1. The molecule has 0 saturated carbocycles. The summed E-state index contributed by atoms with van der Waals surface area (Å²) in [5.74, 6) is 0.456. The Labute approximate surface area is 259 Å². The number of aromatic nitrogens is 1. The van der Waals surface area contributed by atoms with Gasteiger partial charge in [-0.2, -0.15) is 0 Å². The Morgan fingerprint density at radius 1 is 0.884 bits per heavy atom. The molecule has 228 valence electrons. The average molecular weight is 617 g/mol. The Hall–Kier alpha value is -3.62. The van der Waals surface area contributed by atoms with Crippen molar-refractivity contribution in [3.05, 3.63) is 102 Å². The van der Waals surface area contributed by atoms with Crippen LogP contribution in [-0.2, 0) is 26.4 Å². The zero-order valence-electron chi connectivity index (χ0n) is 26.6. The lowest BCUT2D eigenvalue weighted by Crippen LogP contribution is -2.45. The Kier molecular flexibility index (Phi) is 9.72. The van der Waals surface area contributed by atoms with Gasteiger partial charge in [-0.25, -0.2) is 13.9 Å². The first-order valence-corrected chi connectivity index (χ1v) is 18.7. The topological polar surface area (TPSA) is 71.6 Å². The van der Waals surface area contributed by atoms with Gasteiger partial charge in [0.1, 0.15) is 21.4 Å². The van der Waals surface area contributed by atoms with Crippen LogP contribution in [0.15, 0.2) is 101 Å². The van der Waals surface area contributed by atoms with Gasteiger partial charge in [-0.1, -0.05) is 87.5 Å². The van der Waals surface area contributed by atoms with E-state index in [4.69, 9.17) is 9.16 Å². The first kappa shape index (κ1) is 32.3. The number of aromatic amines is 1. The van der Waals surface area contributed by atoms with Crippen LogP contribution in [0.2, 0.25) is 18.1 Å². The van der Waals surface area contributed by atoms with Crippen LogP contribution in [0.4, 0.5) is 4.79 Å². The van der Waals surface area contributed by atoms with Crippen LogP contribution in [0, 0.1) is 0 Å². The van der Waals surface area contributed by atoms with Crippen molar-refractivity contribution >= 4 is 42.2 Å². The Morgan fingerprint density at radius 3 is 2.07 bits per heavy atom. The van der Waals surface area contributed by atoms with Crippen LogP contribution in [0.5, 0.6) is 0 Å². The summed E-state index contributed by atoms with van der Waals surface area (Å²) in [4.78, 5) is 19.6. The number of rotatable bonds is 9. The predicted molar refractivity (Wildman–Crippen MR) is 179 cm³/mol. The standard InChI is InChI=1S/C35H44N2O4SSi/c1-34(2,3)40-33(38)37(31(25-26-17-11-9-12-18-26)41-43(7,8)35(4,5)6)24-23-29-28-21-15-16-22-30(28)36-32(29)42(39)27-19-13-10-14-20-27/h9-22,25,36H,23-24H2,1-8H3/b31-25-. The zero-order valence-corrected chi connectivity index (χ0v) is 28.4. The van der Waals surface area contributed by atoms with Crippen LogP contribution in [-0.4, -0.2) is 40.6 Å². The number of hydrogen-bond donors (Lipinski definition) is 1. The highest BCUT2D eigenvalue weighted by atomic mass is 32.2. The molecule has 0 aliphatic rings. The van der Waals surface area contributed by atoms with Crippen molar-refractivity contribution in [3.8, 4) is 0 Å². The lowest BCUT2D eigenvalue weighted by atomic mass is 10.1. The van der Waals surface area contributed by atoms with Crippen molar-refractivity contribution in [1.29, 1.82) is 0 Å². The second-order valence-electron chi connectivity index (χ2n) is 13.2.